The highest BCUT2D eigenvalue weighted by Gasteiger charge is 2.24. The minimum atomic E-state index is 0.138. The predicted octanol–water partition coefficient (Wildman–Crippen LogP) is 1.97. The van der Waals surface area contributed by atoms with Gasteiger partial charge in [-0.1, -0.05) is 30.3 Å². The van der Waals surface area contributed by atoms with Crippen LogP contribution in [0.1, 0.15) is 24.8 Å². The molecule has 1 N–H and O–H groups in total. The molecule has 0 unspecified atom stereocenters. The van der Waals surface area contributed by atoms with E-state index >= 15 is 0 Å². The minimum absolute atomic E-state index is 0.138. The lowest BCUT2D eigenvalue weighted by molar-refractivity contribution is -0.126. The molecule has 0 saturated carbocycles. The van der Waals surface area contributed by atoms with Crippen molar-refractivity contribution in [3.63, 3.8) is 0 Å². The number of carbonyl (C=O) groups excluding carboxylic acids is 1. The Morgan fingerprint density at radius 3 is 2.67 bits per heavy atom. The predicted molar refractivity (Wildman–Crippen MR) is 82.5 cm³/mol. The van der Waals surface area contributed by atoms with Crippen LogP contribution in [-0.4, -0.2) is 37.0 Å². The third kappa shape index (κ3) is 5.20. The molecule has 0 aromatic heterocycles. The highest BCUT2D eigenvalue weighted by Crippen LogP contribution is 2.17. The number of hydrogen-bond acceptors (Lipinski definition) is 3. The maximum absolute atomic E-state index is 12.1. The van der Waals surface area contributed by atoms with Gasteiger partial charge < -0.3 is 10.2 Å². The first-order valence-corrected chi connectivity index (χ1v) is 7.70. The Balaban J connectivity index is 1.65. The number of carbonyl (C=O) groups is 1. The number of likely N-dealkylation sites (tertiary alicyclic amines) is 1. The molecule has 0 atom stereocenters. The molecular formula is C17H23N3O. The van der Waals surface area contributed by atoms with Crippen LogP contribution < -0.4 is 5.32 Å². The lowest BCUT2D eigenvalue weighted by Gasteiger charge is -2.30. The lowest BCUT2D eigenvalue weighted by Crippen LogP contribution is -2.41. The van der Waals surface area contributed by atoms with Gasteiger partial charge in [0.1, 0.15) is 0 Å². The van der Waals surface area contributed by atoms with Crippen molar-refractivity contribution in [3.8, 4) is 6.07 Å². The van der Waals surface area contributed by atoms with Crippen molar-refractivity contribution < 1.29 is 4.79 Å². The zero-order chi connectivity index (χ0) is 14.9. The summed E-state index contributed by atoms with van der Waals surface area (Å²) in [5.41, 5.74) is 1.25. The SMILES string of the molecule is N#CCCN1CCC(C(=O)NCCc2ccccc2)CC1. The Hall–Kier alpha value is -1.86. The maximum Gasteiger partial charge on any atom is 0.223 e. The van der Waals surface area contributed by atoms with E-state index in [2.05, 4.69) is 28.4 Å². The van der Waals surface area contributed by atoms with Crippen molar-refractivity contribution >= 4 is 5.91 Å². The summed E-state index contributed by atoms with van der Waals surface area (Å²) in [6.45, 7) is 3.40. The van der Waals surface area contributed by atoms with E-state index in [4.69, 9.17) is 5.26 Å². The monoisotopic (exact) mass is 285 g/mol. The van der Waals surface area contributed by atoms with Crippen LogP contribution in [0, 0.1) is 17.2 Å². The summed E-state index contributed by atoms with van der Waals surface area (Å²) in [7, 11) is 0. The van der Waals surface area contributed by atoms with E-state index in [1.807, 2.05) is 18.2 Å². The Morgan fingerprint density at radius 2 is 2.00 bits per heavy atom. The molecule has 2 rings (SSSR count). The normalized spacial score (nSPS) is 16.3. The van der Waals surface area contributed by atoms with Gasteiger partial charge in [0.05, 0.1) is 6.07 Å². The first-order chi connectivity index (χ1) is 10.3. The standard InChI is InChI=1S/C17H23N3O/c18-10-4-12-20-13-8-16(9-14-20)17(21)19-11-7-15-5-2-1-3-6-15/h1-3,5-6,16H,4,7-9,11-14H2,(H,19,21). The zero-order valence-electron chi connectivity index (χ0n) is 12.4. The van der Waals surface area contributed by atoms with Crippen LogP contribution in [-0.2, 0) is 11.2 Å². The fourth-order valence-electron chi connectivity index (χ4n) is 2.75. The van der Waals surface area contributed by atoms with Crippen molar-refractivity contribution in [2.75, 3.05) is 26.2 Å². The first-order valence-electron chi connectivity index (χ1n) is 7.70. The number of amides is 1. The van der Waals surface area contributed by atoms with Crippen molar-refractivity contribution in [3.05, 3.63) is 35.9 Å². The largest absolute Gasteiger partial charge is 0.356 e. The van der Waals surface area contributed by atoms with Crippen molar-refractivity contribution in [1.82, 2.24) is 10.2 Å². The number of nitriles is 1. The molecule has 21 heavy (non-hydrogen) atoms. The topological polar surface area (TPSA) is 56.1 Å². The number of nitrogens with zero attached hydrogens (tertiary/aromatic N) is 2. The molecule has 1 aromatic rings. The molecule has 1 aliphatic heterocycles. The molecule has 1 aliphatic rings. The van der Waals surface area contributed by atoms with Crippen molar-refractivity contribution in [1.29, 1.82) is 5.26 Å². The molecule has 112 valence electrons. The summed E-state index contributed by atoms with van der Waals surface area (Å²) in [6, 6.07) is 12.4. The van der Waals surface area contributed by atoms with E-state index in [-0.39, 0.29) is 11.8 Å². The maximum atomic E-state index is 12.1. The van der Waals surface area contributed by atoms with Gasteiger partial charge in [0.15, 0.2) is 0 Å². The van der Waals surface area contributed by atoms with Gasteiger partial charge in [-0.3, -0.25) is 4.79 Å². The molecule has 1 saturated heterocycles. The molecule has 4 nitrogen and oxygen atoms in total. The third-order valence-electron chi connectivity index (χ3n) is 4.05. The fourth-order valence-corrected chi connectivity index (χ4v) is 2.75. The van der Waals surface area contributed by atoms with Crippen LogP contribution in [0.15, 0.2) is 30.3 Å². The second-order valence-electron chi connectivity index (χ2n) is 5.55. The van der Waals surface area contributed by atoms with Crippen LogP contribution in [0.4, 0.5) is 0 Å². The Bertz CT molecular complexity index is 473. The third-order valence-corrected chi connectivity index (χ3v) is 4.05. The van der Waals surface area contributed by atoms with Gasteiger partial charge >= 0.3 is 0 Å². The second-order valence-corrected chi connectivity index (χ2v) is 5.55. The molecule has 0 radical (unpaired) electrons. The van der Waals surface area contributed by atoms with Crippen LogP contribution in [0.2, 0.25) is 0 Å². The molecule has 0 spiro atoms. The molecule has 1 fully saturated rings. The van der Waals surface area contributed by atoms with E-state index in [1.165, 1.54) is 5.56 Å². The highest BCUT2D eigenvalue weighted by atomic mass is 16.1. The van der Waals surface area contributed by atoms with Gasteiger partial charge in [-0.2, -0.15) is 5.26 Å². The van der Waals surface area contributed by atoms with E-state index in [0.29, 0.717) is 13.0 Å². The molecule has 1 amide bonds. The summed E-state index contributed by atoms with van der Waals surface area (Å²) in [4.78, 5) is 14.4. The number of benzene rings is 1. The average Bonchev–Trinajstić information content (AvgIpc) is 2.54. The Morgan fingerprint density at radius 1 is 1.29 bits per heavy atom. The van der Waals surface area contributed by atoms with Crippen LogP contribution in [0.3, 0.4) is 0 Å². The van der Waals surface area contributed by atoms with Gasteiger partial charge in [0.25, 0.3) is 0 Å². The smallest absolute Gasteiger partial charge is 0.223 e. The molecule has 1 heterocycles. The Labute approximate surface area is 126 Å². The van der Waals surface area contributed by atoms with Gasteiger partial charge in [-0.05, 0) is 37.9 Å². The van der Waals surface area contributed by atoms with Gasteiger partial charge in [-0.15, -0.1) is 0 Å². The van der Waals surface area contributed by atoms with E-state index in [9.17, 15) is 4.79 Å². The highest BCUT2D eigenvalue weighted by molar-refractivity contribution is 5.78. The Kier molecular flexibility index (Phi) is 6.23. The molecule has 0 bridgehead atoms. The lowest BCUT2D eigenvalue weighted by atomic mass is 9.95. The van der Waals surface area contributed by atoms with E-state index < -0.39 is 0 Å². The van der Waals surface area contributed by atoms with Gasteiger partial charge in [0.2, 0.25) is 5.91 Å². The minimum Gasteiger partial charge on any atom is -0.356 e. The summed E-state index contributed by atoms with van der Waals surface area (Å²) in [6.07, 6.45) is 3.27. The molecule has 4 heteroatoms. The zero-order valence-corrected chi connectivity index (χ0v) is 12.4. The van der Waals surface area contributed by atoms with Crippen LogP contribution in [0.25, 0.3) is 0 Å². The molecule has 1 aromatic carbocycles. The van der Waals surface area contributed by atoms with Gasteiger partial charge in [-0.25, -0.2) is 0 Å². The number of rotatable bonds is 6. The number of piperidine rings is 1. The van der Waals surface area contributed by atoms with Crippen molar-refractivity contribution in [2.45, 2.75) is 25.7 Å². The summed E-state index contributed by atoms with van der Waals surface area (Å²) in [5.74, 6) is 0.324. The summed E-state index contributed by atoms with van der Waals surface area (Å²) >= 11 is 0. The second kappa shape index (κ2) is 8.43. The van der Waals surface area contributed by atoms with Crippen LogP contribution >= 0.6 is 0 Å². The fraction of sp³-hybridized carbons (Fsp3) is 0.529. The molecule has 0 aliphatic carbocycles. The number of nitrogens with one attached hydrogen (secondary N) is 1. The van der Waals surface area contributed by atoms with Gasteiger partial charge in [0, 0.05) is 25.4 Å². The van der Waals surface area contributed by atoms with Crippen molar-refractivity contribution in [2.24, 2.45) is 5.92 Å². The van der Waals surface area contributed by atoms with E-state index in [1.54, 1.807) is 0 Å². The molecular weight excluding hydrogens is 262 g/mol. The summed E-state index contributed by atoms with van der Waals surface area (Å²) < 4.78 is 0. The van der Waals surface area contributed by atoms with E-state index in [0.717, 1.165) is 38.9 Å². The first kappa shape index (κ1) is 15.5. The summed E-state index contributed by atoms with van der Waals surface area (Å²) in [5, 5.41) is 11.6. The van der Waals surface area contributed by atoms with Crippen LogP contribution in [0.5, 0.6) is 0 Å². The number of hydrogen-bond donors (Lipinski definition) is 1. The average molecular weight is 285 g/mol. The quantitative estimate of drug-likeness (QED) is 0.869.